The molecule has 1 aromatic carbocycles. The fraction of sp³-hybridized carbons (Fsp3) is 0.0909. The van der Waals surface area contributed by atoms with Crippen LogP contribution < -0.4 is 5.43 Å². The molecule has 0 unspecified atom stereocenters. The molecule has 0 amide bonds. The SMILES string of the molecule is Cc1oc2ccc(C=O)c(O)c2c(=O)c1O. The molecule has 0 aliphatic rings. The Morgan fingerprint density at radius 2 is 1.94 bits per heavy atom. The Labute approximate surface area is 89.6 Å². The summed E-state index contributed by atoms with van der Waals surface area (Å²) in [6.45, 7) is 1.43. The molecule has 16 heavy (non-hydrogen) atoms. The Kier molecular flexibility index (Phi) is 2.16. The van der Waals surface area contributed by atoms with Crippen LogP contribution in [0.5, 0.6) is 11.5 Å². The molecule has 0 saturated carbocycles. The molecular weight excluding hydrogens is 212 g/mol. The standard InChI is InChI=1S/C11H8O5/c1-5-9(13)11(15)8-7(16-5)3-2-6(4-12)10(8)14/h2-4,13-14H,1H3. The summed E-state index contributed by atoms with van der Waals surface area (Å²) < 4.78 is 5.13. The predicted octanol–water partition coefficient (Wildman–Crippen LogP) is 1.33. The highest BCUT2D eigenvalue weighted by atomic mass is 16.4. The van der Waals surface area contributed by atoms with Crippen LogP contribution in [0.25, 0.3) is 11.0 Å². The fourth-order valence-electron chi connectivity index (χ4n) is 1.48. The van der Waals surface area contributed by atoms with Crippen molar-refractivity contribution in [1.29, 1.82) is 0 Å². The third-order valence-electron chi connectivity index (χ3n) is 2.34. The zero-order valence-corrected chi connectivity index (χ0v) is 8.35. The van der Waals surface area contributed by atoms with Crippen LogP contribution in [0.4, 0.5) is 0 Å². The number of aromatic hydroxyl groups is 2. The van der Waals surface area contributed by atoms with Crippen LogP contribution in [0.3, 0.4) is 0 Å². The van der Waals surface area contributed by atoms with E-state index >= 15 is 0 Å². The van der Waals surface area contributed by atoms with E-state index in [0.29, 0.717) is 6.29 Å². The maximum absolute atomic E-state index is 11.7. The maximum atomic E-state index is 11.7. The minimum absolute atomic E-state index is 0.0250. The van der Waals surface area contributed by atoms with E-state index in [1.54, 1.807) is 0 Å². The van der Waals surface area contributed by atoms with Gasteiger partial charge in [0.25, 0.3) is 0 Å². The lowest BCUT2D eigenvalue weighted by atomic mass is 10.1. The van der Waals surface area contributed by atoms with E-state index < -0.39 is 16.9 Å². The number of hydrogen-bond acceptors (Lipinski definition) is 5. The number of phenols is 1. The van der Waals surface area contributed by atoms with Crippen molar-refractivity contribution < 1.29 is 19.4 Å². The first-order chi connectivity index (χ1) is 7.56. The van der Waals surface area contributed by atoms with Gasteiger partial charge >= 0.3 is 0 Å². The van der Waals surface area contributed by atoms with Gasteiger partial charge in [0.1, 0.15) is 22.5 Å². The summed E-state index contributed by atoms with van der Waals surface area (Å²) in [5, 5.41) is 18.8. The largest absolute Gasteiger partial charge is 0.506 e. The lowest BCUT2D eigenvalue weighted by molar-refractivity contribution is 0.112. The number of benzene rings is 1. The Balaban J connectivity index is 3.04. The molecule has 0 spiro atoms. The van der Waals surface area contributed by atoms with E-state index in [0.717, 1.165) is 0 Å². The third kappa shape index (κ3) is 1.25. The van der Waals surface area contributed by atoms with Crippen LogP contribution in [0, 0.1) is 6.92 Å². The van der Waals surface area contributed by atoms with Gasteiger partial charge in [0, 0.05) is 0 Å². The fourth-order valence-corrected chi connectivity index (χ4v) is 1.48. The normalized spacial score (nSPS) is 10.6. The minimum Gasteiger partial charge on any atom is -0.506 e. The van der Waals surface area contributed by atoms with Crippen molar-refractivity contribution in [2.24, 2.45) is 0 Å². The molecule has 0 bridgehead atoms. The second-order valence-corrected chi connectivity index (χ2v) is 3.33. The molecule has 1 aromatic heterocycles. The molecule has 82 valence electrons. The van der Waals surface area contributed by atoms with Crippen molar-refractivity contribution >= 4 is 17.3 Å². The van der Waals surface area contributed by atoms with Gasteiger partial charge in [-0.15, -0.1) is 0 Å². The highest BCUT2D eigenvalue weighted by molar-refractivity contribution is 5.93. The van der Waals surface area contributed by atoms with E-state index in [4.69, 9.17) is 4.42 Å². The van der Waals surface area contributed by atoms with E-state index in [9.17, 15) is 19.8 Å². The number of hydrogen-bond donors (Lipinski definition) is 2. The van der Waals surface area contributed by atoms with Crippen LogP contribution in [-0.2, 0) is 0 Å². The molecule has 0 radical (unpaired) electrons. The summed E-state index contributed by atoms with van der Waals surface area (Å²) in [6.07, 6.45) is 0.422. The summed E-state index contributed by atoms with van der Waals surface area (Å²) in [5.41, 5.74) is -0.647. The predicted molar refractivity (Wildman–Crippen MR) is 55.9 cm³/mol. The molecule has 0 aliphatic carbocycles. The van der Waals surface area contributed by atoms with Crippen molar-refractivity contribution in [3.63, 3.8) is 0 Å². The molecule has 5 nitrogen and oxygen atoms in total. The summed E-state index contributed by atoms with van der Waals surface area (Å²) in [4.78, 5) is 22.2. The van der Waals surface area contributed by atoms with Gasteiger partial charge in [-0.25, -0.2) is 0 Å². The molecule has 1 heterocycles. The van der Waals surface area contributed by atoms with Gasteiger partial charge in [0.05, 0.1) is 5.56 Å². The van der Waals surface area contributed by atoms with Crippen LogP contribution >= 0.6 is 0 Å². The molecule has 0 saturated heterocycles. The molecule has 0 atom stereocenters. The van der Waals surface area contributed by atoms with Crippen molar-refractivity contribution in [1.82, 2.24) is 0 Å². The monoisotopic (exact) mass is 220 g/mol. The first-order valence-corrected chi connectivity index (χ1v) is 4.49. The van der Waals surface area contributed by atoms with Crippen molar-refractivity contribution in [3.8, 4) is 11.5 Å². The molecular formula is C11H8O5. The number of carbonyl (C=O) groups is 1. The molecule has 0 aliphatic heterocycles. The minimum atomic E-state index is -0.750. The van der Waals surface area contributed by atoms with Gasteiger partial charge in [-0.3, -0.25) is 9.59 Å². The summed E-state index contributed by atoms with van der Waals surface area (Å²) in [7, 11) is 0. The Bertz CT molecular complexity index is 639. The van der Waals surface area contributed by atoms with Crippen LogP contribution in [0.2, 0.25) is 0 Å². The van der Waals surface area contributed by atoms with Gasteiger partial charge in [-0.2, -0.15) is 0 Å². The average Bonchev–Trinajstić information content (AvgIpc) is 2.26. The first-order valence-electron chi connectivity index (χ1n) is 4.49. The topological polar surface area (TPSA) is 87.7 Å². The summed E-state index contributed by atoms with van der Waals surface area (Å²) >= 11 is 0. The number of fused-ring (bicyclic) bond motifs is 1. The zero-order valence-electron chi connectivity index (χ0n) is 8.35. The lowest BCUT2D eigenvalue weighted by Gasteiger charge is -2.04. The smallest absolute Gasteiger partial charge is 0.238 e. The Hall–Kier alpha value is -2.30. The van der Waals surface area contributed by atoms with Crippen molar-refractivity contribution in [2.75, 3.05) is 0 Å². The molecule has 2 aromatic rings. The Morgan fingerprint density at radius 1 is 1.25 bits per heavy atom. The van der Waals surface area contributed by atoms with Gasteiger partial charge < -0.3 is 14.6 Å². The number of aryl methyl sites for hydroxylation is 1. The second kappa shape index (κ2) is 3.37. The highest BCUT2D eigenvalue weighted by Gasteiger charge is 2.15. The van der Waals surface area contributed by atoms with Gasteiger partial charge in [0.2, 0.25) is 11.2 Å². The van der Waals surface area contributed by atoms with Gasteiger partial charge in [-0.05, 0) is 19.1 Å². The summed E-state index contributed by atoms with van der Waals surface area (Å²) in [5.74, 6) is -0.974. The second-order valence-electron chi connectivity index (χ2n) is 3.33. The zero-order chi connectivity index (χ0) is 11.9. The number of aldehydes is 1. The summed E-state index contributed by atoms with van der Waals surface area (Å²) in [6, 6.07) is 2.73. The molecule has 5 heteroatoms. The molecule has 2 rings (SSSR count). The average molecular weight is 220 g/mol. The third-order valence-corrected chi connectivity index (χ3v) is 2.34. The van der Waals surface area contributed by atoms with Gasteiger partial charge in [0.15, 0.2) is 6.29 Å². The molecule has 2 N–H and O–H groups in total. The number of rotatable bonds is 1. The van der Waals surface area contributed by atoms with Crippen LogP contribution in [-0.4, -0.2) is 16.5 Å². The Morgan fingerprint density at radius 3 is 2.56 bits per heavy atom. The lowest BCUT2D eigenvalue weighted by Crippen LogP contribution is -2.03. The molecule has 0 fully saturated rings. The number of phenolic OH excluding ortho intramolecular Hbond substituents is 1. The van der Waals surface area contributed by atoms with E-state index in [2.05, 4.69) is 0 Å². The van der Waals surface area contributed by atoms with E-state index in [1.807, 2.05) is 0 Å². The maximum Gasteiger partial charge on any atom is 0.238 e. The van der Waals surface area contributed by atoms with Crippen molar-refractivity contribution in [3.05, 3.63) is 33.7 Å². The quantitative estimate of drug-likeness (QED) is 0.707. The van der Waals surface area contributed by atoms with Crippen LogP contribution in [0.15, 0.2) is 21.3 Å². The van der Waals surface area contributed by atoms with E-state index in [1.165, 1.54) is 19.1 Å². The van der Waals surface area contributed by atoms with E-state index in [-0.39, 0.29) is 22.3 Å². The highest BCUT2D eigenvalue weighted by Crippen LogP contribution is 2.28. The van der Waals surface area contributed by atoms with Crippen molar-refractivity contribution in [2.45, 2.75) is 6.92 Å². The number of carbonyl (C=O) groups excluding carboxylic acids is 1. The van der Waals surface area contributed by atoms with Gasteiger partial charge in [-0.1, -0.05) is 0 Å². The van der Waals surface area contributed by atoms with Crippen LogP contribution in [0.1, 0.15) is 16.1 Å². The first kappa shape index (κ1) is 10.2.